The van der Waals surface area contributed by atoms with Crippen LogP contribution in [0.3, 0.4) is 0 Å². The van der Waals surface area contributed by atoms with Crippen LogP contribution in [0.4, 0.5) is 0 Å². The van der Waals surface area contributed by atoms with E-state index in [2.05, 4.69) is 22.9 Å². The molecule has 2 rings (SSSR count). The average molecular weight is 211 g/mol. The largest absolute Gasteiger partial charge is 0.300 e. The first kappa shape index (κ1) is 9.71. The number of aromatic nitrogens is 3. The SMILES string of the molecule is CC(=O)C1CC(n2cc(CS)nn2)C1. The Kier molecular flexibility index (Phi) is 2.58. The molecule has 0 N–H and O–H groups in total. The highest BCUT2D eigenvalue weighted by Gasteiger charge is 2.34. The minimum Gasteiger partial charge on any atom is -0.300 e. The molecule has 1 aliphatic rings. The standard InChI is InChI=1S/C9H13N3OS/c1-6(13)7-2-9(3-7)12-4-8(5-14)10-11-12/h4,7,9,14H,2-3,5H2,1H3. The maximum absolute atomic E-state index is 11.0. The molecule has 1 aliphatic carbocycles. The fraction of sp³-hybridized carbons (Fsp3) is 0.667. The van der Waals surface area contributed by atoms with Crippen molar-refractivity contribution in [1.82, 2.24) is 15.0 Å². The molecule has 14 heavy (non-hydrogen) atoms. The molecule has 1 fully saturated rings. The summed E-state index contributed by atoms with van der Waals surface area (Å²) in [4.78, 5) is 11.0. The van der Waals surface area contributed by atoms with Crippen LogP contribution in [-0.2, 0) is 10.5 Å². The summed E-state index contributed by atoms with van der Waals surface area (Å²) in [5.41, 5.74) is 0.889. The average Bonchev–Trinajstić information content (AvgIpc) is 2.49. The van der Waals surface area contributed by atoms with E-state index in [-0.39, 0.29) is 11.7 Å². The Bertz CT molecular complexity index is 344. The first-order valence-electron chi connectivity index (χ1n) is 4.72. The lowest BCUT2D eigenvalue weighted by Gasteiger charge is -2.33. The summed E-state index contributed by atoms with van der Waals surface area (Å²) < 4.78 is 1.85. The summed E-state index contributed by atoms with van der Waals surface area (Å²) >= 11 is 4.12. The van der Waals surface area contributed by atoms with Crippen LogP contribution >= 0.6 is 12.6 Å². The minimum atomic E-state index is 0.239. The molecule has 0 radical (unpaired) electrons. The van der Waals surface area contributed by atoms with Gasteiger partial charge in [0.15, 0.2) is 0 Å². The number of hydrogen-bond acceptors (Lipinski definition) is 4. The molecule has 0 aliphatic heterocycles. The van der Waals surface area contributed by atoms with Gasteiger partial charge < -0.3 is 0 Å². The Morgan fingerprint density at radius 1 is 1.71 bits per heavy atom. The van der Waals surface area contributed by atoms with Gasteiger partial charge in [-0.25, -0.2) is 4.68 Å². The van der Waals surface area contributed by atoms with Crippen molar-refractivity contribution in [2.24, 2.45) is 5.92 Å². The van der Waals surface area contributed by atoms with Gasteiger partial charge in [-0.15, -0.1) is 5.10 Å². The summed E-state index contributed by atoms with van der Waals surface area (Å²) in [6.07, 6.45) is 3.73. The van der Waals surface area contributed by atoms with E-state index in [0.717, 1.165) is 18.5 Å². The number of Topliss-reactive ketones (excluding diaryl/α,β-unsaturated/α-hetero) is 1. The first-order chi connectivity index (χ1) is 6.70. The van der Waals surface area contributed by atoms with Gasteiger partial charge in [-0.05, 0) is 19.8 Å². The van der Waals surface area contributed by atoms with Gasteiger partial charge in [-0.1, -0.05) is 5.21 Å². The van der Waals surface area contributed by atoms with Gasteiger partial charge >= 0.3 is 0 Å². The lowest BCUT2D eigenvalue weighted by atomic mass is 9.78. The Balaban J connectivity index is 1.96. The summed E-state index contributed by atoms with van der Waals surface area (Å²) in [5.74, 6) is 1.14. The van der Waals surface area contributed by atoms with E-state index in [1.807, 2.05) is 10.9 Å². The molecule has 5 heteroatoms. The van der Waals surface area contributed by atoms with Crippen LogP contribution in [0.15, 0.2) is 6.20 Å². The van der Waals surface area contributed by atoms with Crippen molar-refractivity contribution in [1.29, 1.82) is 0 Å². The third-order valence-corrected chi connectivity index (χ3v) is 3.11. The van der Waals surface area contributed by atoms with E-state index >= 15 is 0 Å². The van der Waals surface area contributed by atoms with E-state index in [0.29, 0.717) is 11.8 Å². The molecule has 0 saturated heterocycles. The minimum absolute atomic E-state index is 0.239. The van der Waals surface area contributed by atoms with E-state index in [1.165, 1.54) is 0 Å². The fourth-order valence-electron chi connectivity index (χ4n) is 1.70. The predicted octanol–water partition coefficient (Wildman–Crippen LogP) is 1.25. The molecule has 76 valence electrons. The topological polar surface area (TPSA) is 47.8 Å². The summed E-state index contributed by atoms with van der Waals surface area (Å²) in [6.45, 7) is 1.65. The zero-order valence-electron chi connectivity index (χ0n) is 8.05. The van der Waals surface area contributed by atoms with Gasteiger partial charge in [0, 0.05) is 17.9 Å². The Morgan fingerprint density at radius 3 is 2.93 bits per heavy atom. The van der Waals surface area contributed by atoms with E-state index in [1.54, 1.807) is 6.92 Å². The van der Waals surface area contributed by atoms with Crippen LogP contribution in [0.25, 0.3) is 0 Å². The van der Waals surface area contributed by atoms with Crippen LogP contribution in [0.2, 0.25) is 0 Å². The quantitative estimate of drug-likeness (QED) is 0.765. The second kappa shape index (κ2) is 3.73. The first-order valence-corrected chi connectivity index (χ1v) is 5.36. The Labute approximate surface area is 88.1 Å². The maximum Gasteiger partial charge on any atom is 0.133 e. The number of rotatable bonds is 3. The number of nitrogens with zero attached hydrogens (tertiary/aromatic N) is 3. The number of carbonyl (C=O) groups excluding carboxylic acids is 1. The molecule has 0 aromatic carbocycles. The van der Waals surface area contributed by atoms with E-state index in [9.17, 15) is 4.79 Å². The summed E-state index contributed by atoms with van der Waals surface area (Å²) in [7, 11) is 0. The van der Waals surface area contributed by atoms with Crippen LogP contribution in [0, 0.1) is 5.92 Å². The zero-order chi connectivity index (χ0) is 10.1. The van der Waals surface area contributed by atoms with Crippen molar-refractivity contribution in [3.05, 3.63) is 11.9 Å². The molecule has 0 unspecified atom stereocenters. The van der Waals surface area contributed by atoms with Gasteiger partial charge in [0.25, 0.3) is 0 Å². The molecule has 1 heterocycles. The molecule has 0 amide bonds. The molecule has 1 aromatic rings. The van der Waals surface area contributed by atoms with Crippen molar-refractivity contribution in [3.63, 3.8) is 0 Å². The highest BCUT2D eigenvalue weighted by Crippen LogP contribution is 2.37. The number of hydrogen-bond donors (Lipinski definition) is 1. The second-order valence-electron chi connectivity index (χ2n) is 3.78. The normalized spacial score (nSPS) is 25.9. The number of thiol groups is 1. The predicted molar refractivity (Wildman–Crippen MR) is 55.2 cm³/mol. The van der Waals surface area contributed by atoms with Crippen LogP contribution in [0.1, 0.15) is 31.5 Å². The van der Waals surface area contributed by atoms with Crippen LogP contribution < -0.4 is 0 Å². The van der Waals surface area contributed by atoms with Crippen molar-refractivity contribution < 1.29 is 4.79 Å². The molecule has 1 saturated carbocycles. The molecule has 4 nitrogen and oxygen atoms in total. The molecule has 0 atom stereocenters. The van der Waals surface area contributed by atoms with E-state index in [4.69, 9.17) is 0 Å². The summed E-state index contributed by atoms with van der Waals surface area (Å²) in [5, 5.41) is 7.97. The smallest absolute Gasteiger partial charge is 0.133 e. The molecule has 1 aromatic heterocycles. The molecule has 0 bridgehead atoms. The van der Waals surface area contributed by atoms with Gasteiger partial charge in [0.1, 0.15) is 5.78 Å². The van der Waals surface area contributed by atoms with Crippen molar-refractivity contribution in [2.75, 3.05) is 0 Å². The number of carbonyl (C=O) groups is 1. The lowest BCUT2D eigenvalue weighted by Crippen LogP contribution is -2.31. The third kappa shape index (κ3) is 1.68. The fourth-order valence-corrected chi connectivity index (χ4v) is 1.84. The van der Waals surface area contributed by atoms with Crippen molar-refractivity contribution in [3.8, 4) is 0 Å². The van der Waals surface area contributed by atoms with Gasteiger partial charge in [-0.3, -0.25) is 4.79 Å². The highest BCUT2D eigenvalue weighted by atomic mass is 32.1. The third-order valence-electron chi connectivity index (χ3n) is 2.78. The second-order valence-corrected chi connectivity index (χ2v) is 4.10. The van der Waals surface area contributed by atoms with Gasteiger partial charge in [0.05, 0.1) is 11.7 Å². The zero-order valence-corrected chi connectivity index (χ0v) is 8.94. The highest BCUT2D eigenvalue weighted by molar-refractivity contribution is 7.79. The number of ketones is 1. The monoisotopic (exact) mass is 211 g/mol. The van der Waals surface area contributed by atoms with Gasteiger partial charge in [0.2, 0.25) is 0 Å². The van der Waals surface area contributed by atoms with E-state index < -0.39 is 0 Å². The van der Waals surface area contributed by atoms with Crippen molar-refractivity contribution in [2.45, 2.75) is 31.6 Å². The lowest BCUT2D eigenvalue weighted by molar-refractivity contribution is -0.124. The van der Waals surface area contributed by atoms with Crippen LogP contribution in [-0.4, -0.2) is 20.8 Å². The maximum atomic E-state index is 11.0. The Hall–Kier alpha value is -0.840. The van der Waals surface area contributed by atoms with Crippen LogP contribution in [0.5, 0.6) is 0 Å². The Morgan fingerprint density at radius 2 is 2.43 bits per heavy atom. The molecular formula is C9H13N3OS. The van der Waals surface area contributed by atoms with Gasteiger partial charge in [-0.2, -0.15) is 12.6 Å². The molecule has 0 spiro atoms. The van der Waals surface area contributed by atoms with Crippen molar-refractivity contribution >= 4 is 18.4 Å². The summed E-state index contributed by atoms with van der Waals surface area (Å²) in [6, 6.07) is 0.366. The molecular weight excluding hydrogens is 198 g/mol.